The fraction of sp³-hybridized carbons (Fsp3) is 0.333. The third-order valence-electron chi connectivity index (χ3n) is 3.48. The number of benzene rings is 1. The Bertz CT molecular complexity index is 635. The molecule has 0 spiro atoms. The van der Waals surface area contributed by atoms with E-state index < -0.39 is 0 Å². The molecule has 7 heteroatoms. The number of morpholine rings is 1. The lowest BCUT2D eigenvalue weighted by molar-refractivity contribution is -0.0154. The van der Waals surface area contributed by atoms with Gasteiger partial charge in [0.2, 0.25) is 0 Å². The number of amides is 2. The van der Waals surface area contributed by atoms with Crippen molar-refractivity contribution in [3.8, 4) is 0 Å². The quantitative estimate of drug-likeness (QED) is 0.936. The van der Waals surface area contributed by atoms with Gasteiger partial charge in [-0.15, -0.1) is 11.3 Å². The topological polar surface area (TPSA) is 54.5 Å². The van der Waals surface area contributed by atoms with Crippen molar-refractivity contribution < 1.29 is 9.53 Å². The molecule has 1 aliphatic rings. The van der Waals surface area contributed by atoms with Crippen molar-refractivity contribution in [3.63, 3.8) is 0 Å². The van der Waals surface area contributed by atoms with Gasteiger partial charge in [-0.05, 0) is 6.07 Å². The molecule has 2 aromatic rings. The van der Waals surface area contributed by atoms with Crippen LogP contribution in [0.2, 0.25) is 5.02 Å². The first-order valence-corrected chi connectivity index (χ1v) is 8.27. The van der Waals surface area contributed by atoms with E-state index in [4.69, 9.17) is 16.3 Å². The number of rotatable bonds is 3. The second kappa shape index (κ2) is 7.09. The normalized spacial score (nSPS) is 18.2. The molecule has 1 atom stereocenters. The van der Waals surface area contributed by atoms with Gasteiger partial charge in [-0.2, -0.15) is 0 Å². The van der Waals surface area contributed by atoms with Gasteiger partial charge in [-0.3, -0.25) is 0 Å². The van der Waals surface area contributed by atoms with Crippen molar-refractivity contribution >= 4 is 29.0 Å². The van der Waals surface area contributed by atoms with E-state index in [-0.39, 0.29) is 12.1 Å². The fourth-order valence-corrected chi connectivity index (χ4v) is 3.17. The van der Waals surface area contributed by atoms with Crippen LogP contribution >= 0.6 is 22.9 Å². The second-order valence-electron chi connectivity index (χ2n) is 4.91. The number of ether oxygens (including phenoxy) is 1. The fourth-order valence-electron chi connectivity index (χ4n) is 2.36. The van der Waals surface area contributed by atoms with Crippen LogP contribution in [0.5, 0.6) is 0 Å². The van der Waals surface area contributed by atoms with Crippen LogP contribution in [0.25, 0.3) is 0 Å². The van der Waals surface area contributed by atoms with Crippen molar-refractivity contribution in [2.45, 2.75) is 12.6 Å². The summed E-state index contributed by atoms with van der Waals surface area (Å²) in [5.74, 6) is 0. The Morgan fingerprint density at radius 3 is 3.14 bits per heavy atom. The summed E-state index contributed by atoms with van der Waals surface area (Å²) in [5, 5.41) is 6.34. The van der Waals surface area contributed by atoms with E-state index in [9.17, 15) is 4.79 Å². The lowest BCUT2D eigenvalue weighted by Crippen LogP contribution is -2.47. The highest BCUT2D eigenvalue weighted by Crippen LogP contribution is 2.28. The lowest BCUT2D eigenvalue weighted by atomic mass is 10.1. The molecule has 3 rings (SSSR count). The molecule has 0 bridgehead atoms. The Kier molecular flexibility index (Phi) is 4.92. The lowest BCUT2D eigenvalue weighted by Gasteiger charge is -2.33. The van der Waals surface area contributed by atoms with E-state index >= 15 is 0 Å². The van der Waals surface area contributed by atoms with Gasteiger partial charge < -0.3 is 15.0 Å². The number of urea groups is 1. The maximum atomic E-state index is 12.3. The third-order valence-corrected chi connectivity index (χ3v) is 4.60. The average molecular weight is 338 g/mol. The predicted octanol–water partition coefficient (Wildman–Crippen LogP) is 3.08. The summed E-state index contributed by atoms with van der Waals surface area (Å²) < 4.78 is 5.76. The average Bonchev–Trinajstić information content (AvgIpc) is 3.06. The number of nitrogens with one attached hydrogen (secondary N) is 1. The van der Waals surface area contributed by atoms with Crippen LogP contribution in [0.1, 0.15) is 16.7 Å². The monoisotopic (exact) mass is 337 g/mol. The van der Waals surface area contributed by atoms with Gasteiger partial charge >= 0.3 is 6.03 Å². The zero-order chi connectivity index (χ0) is 15.4. The van der Waals surface area contributed by atoms with Crippen LogP contribution < -0.4 is 5.32 Å². The van der Waals surface area contributed by atoms with Gasteiger partial charge in [-0.1, -0.05) is 29.8 Å². The summed E-state index contributed by atoms with van der Waals surface area (Å²) in [5.41, 5.74) is 0.918. The molecule has 2 amide bonds. The first-order valence-electron chi connectivity index (χ1n) is 7.01. The maximum Gasteiger partial charge on any atom is 0.317 e. The van der Waals surface area contributed by atoms with Gasteiger partial charge in [-0.25, -0.2) is 9.78 Å². The minimum absolute atomic E-state index is 0.101. The number of carbonyl (C=O) groups is 1. The van der Waals surface area contributed by atoms with E-state index in [2.05, 4.69) is 10.3 Å². The Labute approximate surface area is 137 Å². The molecular formula is C15H16ClN3O2S. The van der Waals surface area contributed by atoms with Gasteiger partial charge in [0.1, 0.15) is 11.1 Å². The second-order valence-corrected chi connectivity index (χ2v) is 6.30. The molecule has 1 fully saturated rings. The number of hydrogen-bond donors (Lipinski definition) is 1. The largest absolute Gasteiger partial charge is 0.370 e. The van der Waals surface area contributed by atoms with E-state index in [1.807, 2.05) is 29.6 Å². The molecule has 1 aliphatic heterocycles. The smallest absolute Gasteiger partial charge is 0.317 e. The van der Waals surface area contributed by atoms with Crippen molar-refractivity contribution in [3.05, 3.63) is 51.4 Å². The molecule has 1 aromatic heterocycles. The van der Waals surface area contributed by atoms with Crippen LogP contribution in [0.3, 0.4) is 0 Å². The molecule has 116 valence electrons. The Hall–Kier alpha value is -1.63. The van der Waals surface area contributed by atoms with E-state index in [1.165, 1.54) is 11.3 Å². The summed E-state index contributed by atoms with van der Waals surface area (Å²) >= 11 is 7.73. The summed E-state index contributed by atoms with van der Waals surface area (Å²) in [6, 6.07) is 7.47. The Morgan fingerprint density at radius 2 is 2.36 bits per heavy atom. The van der Waals surface area contributed by atoms with Crippen molar-refractivity contribution in [2.75, 3.05) is 19.7 Å². The highest BCUT2D eigenvalue weighted by Gasteiger charge is 2.26. The van der Waals surface area contributed by atoms with Crippen LogP contribution in [0, 0.1) is 0 Å². The minimum atomic E-state index is -0.187. The Morgan fingerprint density at radius 1 is 1.50 bits per heavy atom. The standard InChI is InChI=1S/C15H16ClN3O2S/c16-12-4-2-1-3-11(12)13-10-19(6-7-21-13)15(20)18-9-14-17-5-8-22-14/h1-5,8,13H,6-7,9-10H2,(H,18,20). The molecule has 0 saturated carbocycles. The number of hydrogen-bond acceptors (Lipinski definition) is 4. The van der Waals surface area contributed by atoms with Crippen LogP contribution in [-0.4, -0.2) is 35.6 Å². The highest BCUT2D eigenvalue weighted by atomic mass is 35.5. The zero-order valence-electron chi connectivity index (χ0n) is 11.9. The SMILES string of the molecule is O=C(NCc1nccs1)N1CCOC(c2ccccc2Cl)C1. The van der Waals surface area contributed by atoms with Gasteiger partial charge in [0.15, 0.2) is 0 Å². The Balaban J connectivity index is 1.60. The third kappa shape index (κ3) is 3.58. The molecule has 1 N–H and O–H groups in total. The van der Waals surface area contributed by atoms with E-state index in [1.54, 1.807) is 11.1 Å². The van der Waals surface area contributed by atoms with Gasteiger partial charge in [0.25, 0.3) is 0 Å². The minimum Gasteiger partial charge on any atom is -0.370 e. The van der Waals surface area contributed by atoms with Crippen molar-refractivity contribution in [1.82, 2.24) is 15.2 Å². The molecule has 1 saturated heterocycles. The van der Waals surface area contributed by atoms with Crippen LogP contribution in [0.15, 0.2) is 35.8 Å². The number of carbonyl (C=O) groups excluding carboxylic acids is 1. The molecular weight excluding hydrogens is 322 g/mol. The number of halogens is 1. The number of aromatic nitrogens is 1. The summed E-state index contributed by atoms with van der Waals surface area (Å²) in [7, 11) is 0. The molecule has 22 heavy (non-hydrogen) atoms. The van der Waals surface area contributed by atoms with E-state index in [0.29, 0.717) is 31.3 Å². The summed E-state index contributed by atoms with van der Waals surface area (Å²) in [6.45, 7) is 2.02. The number of thiazole rings is 1. The molecule has 0 radical (unpaired) electrons. The molecule has 1 aromatic carbocycles. The van der Waals surface area contributed by atoms with E-state index in [0.717, 1.165) is 10.6 Å². The zero-order valence-corrected chi connectivity index (χ0v) is 13.4. The predicted molar refractivity (Wildman–Crippen MR) is 86.1 cm³/mol. The van der Waals surface area contributed by atoms with Gasteiger partial charge in [0, 0.05) is 28.7 Å². The van der Waals surface area contributed by atoms with Crippen LogP contribution in [-0.2, 0) is 11.3 Å². The highest BCUT2D eigenvalue weighted by molar-refractivity contribution is 7.09. The van der Waals surface area contributed by atoms with Crippen molar-refractivity contribution in [2.24, 2.45) is 0 Å². The van der Waals surface area contributed by atoms with Gasteiger partial charge in [0.05, 0.1) is 19.7 Å². The molecule has 1 unspecified atom stereocenters. The maximum absolute atomic E-state index is 12.3. The molecule has 2 heterocycles. The first kappa shape index (κ1) is 15.3. The van der Waals surface area contributed by atoms with Crippen molar-refractivity contribution in [1.29, 1.82) is 0 Å². The first-order chi connectivity index (χ1) is 10.7. The molecule has 5 nitrogen and oxygen atoms in total. The summed E-state index contributed by atoms with van der Waals surface area (Å²) in [4.78, 5) is 18.2. The van der Waals surface area contributed by atoms with Crippen LogP contribution in [0.4, 0.5) is 4.79 Å². The summed E-state index contributed by atoms with van der Waals surface area (Å²) in [6.07, 6.45) is 1.54. The number of nitrogens with zero attached hydrogens (tertiary/aromatic N) is 2. The molecule has 0 aliphatic carbocycles.